The Kier molecular flexibility index (Phi) is 6.81. The Balaban J connectivity index is 0.00000240. The van der Waals surface area contributed by atoms with E-state index in [1.54, 1.807) is 19.2 Å². The molecule has 1 saturated heterocycles. The number of nitrogens with zero attached hydrogens (tertiary/aromatic N) is 3. The van der Waals surface area contributed by atoms with Crippen molar-refractivity contribution < 1.29 is 13.6 Å². The Hall–Kier alpha value is -2.10. The number of benzene rings is 1. The van der Waals surface area contributed by atoms with Crippen LogP contribution in [-0.4, -0.2) is 61.4 Å². The molecule has 1 amide bonds. The highest BCUT2D eigenvalue weighted by molar-refractivity contribution is 14.0. The number of halogens is 2. The summed E-state index contributed by atoms with van der Waals surface area (Å²) in [6, 6.07) is 10.2. The number of hydrogen-bond acceptors (Lipinski definition) is 3. The van der Waals surface area contributed by atoms with Gasteiger partial charge in [-0.15, -0.1) is 24.0 Å². The standard InChI is InChI=1S/C21H25FN4O2.HI/c1-23-20(24-15-21(8-9-21)16-4-6-17(22)7-5-16)26-12-10-25(11-13-26)19(27)18-3-2-14-28-18;/h2-7,14H,8-13,15H2,1H3,(H,23,24);1H. The lowest BCUT2D eigenvalue weighted by molar-refractivity contribution is 0.0657. The summed E-state index contributed by atoms with van der Waals surface area (Å²) in [5, 5.41) is 3.49. The number of guanidine groups is 1. The molecule has 29 heavy (non-hydrogen) atoms. The van der Waals surface area contributed by atoms with E-state index < -0.39 is 0 Å². The van der Waals surface area contributed by atoms with Crippen LogP contribution < -0.4 is 5.32 Å². The smallest absolute Gasteiger partial charge is 0.289 e. The highest BCUT2D eigenvalue weighted by Crippen LogP contribution is 2.47. The van der Waals surface area contributed by atoms with Crippen LogP contribution in [0.3, 0.4) is 0 Å². The first kappa shape index (κ1) is 21.6. The lowest BCUT2D eigenvalue weighted by Gasteiger charge is -2.36. The third-order valence-corrected chi connectivity index (χ3v) is 5.71. The molecule has 1 aromatic heterocycles. The number of nitrogens with one attached hydrogen (secondary N) is 1. The summed E-state index contributed by atoms with van der Waals surface area (Å²) in [6.45, 7) is 3.47. The summed E-state index contributed by atoms with van der Waals surface area (Å²) in [4.78, 5) is 20.8. The van der Waals surface area contributed by atoms with Crippen LogP contribution >= 0.6 is 24.0 Å². The van der Waals surface area contributed by atoms with Gasteiger partial charge in [-0.3, -0.25) is 9.79 Å². The van der Waals surface area contributed by atoms with Gasteiger partial charge in [-0.1, -0.05) is 12.1 Å². The first-order valence-corrected chi connectivity index (χ1v) is 9.66. The SMILES string of the molecule is CN=C(NCC1(c2ccc(F)cc2)CC1)N1CCN(C(=O)c2ccco2)CC1.I. The van der Waals surface area contributed by atoms with Crippen LogP contribution in [0.4, 0.5) is 4.39 Å². The van der Waals surface area contributed by atoms with E-state index in [4.69, 9.17) is 4.42 Å². The topological polar surface area (TPSA) is 61.1 Å². The molecule has 0 spiro atoms. The number of carbonyl (C=O) groups excluding carboxylic acids is 1. The molecule has 6 nitrogen and oxygen atoms in total. The average molecular weight is 512 g/mol. The van der Waals surface area contributed by atoms with Gasteiger partial charge in [0.25, 0.3) is 5.91 Å². The summed E-state index contributed by atoms with van der Waals surface area (Å²) < 4.78 is 18.4. The monoisotopic (exact) mass is 512 g/mol. The molecule has 156 valence electrons. The Morgan fingerprint density at radius 2 is 1.79 bits per heavy atom. The van der Waals surface area contributed by atoms with E-state index in [0.29, 0.717) is 18.8 Å². The Labute approximate surface area is 187 Å². The second-order valence-corrected chi connectivity index (χ2v) is 7.44. The molecule has 1 aromatic carbocycles. The minimum Gasteiger partial charge on any atom is -0.459 e. The van der Waals surface area contributed by atoms with Crippen molar-refractivity contribution in [1.29, 1.82) is 0 Å². The molecule has 2 fully saturated rings. The number of aliphatic imine (C=N–C) groups is 1. The van der Waals surface area contributed by atoms with Gasteiger partial charge in [-0.2, -0.15) is 0 Å². The minimum atomic E-state index is -0.203. The van der Waals surface area contributed by atoms with E-state index in [-0.39, 0.29) is 41.1 Å². The van der Waals surface area contributed by atoms with Gasteiger partial charge >= 0.3 is 0 Å². The second-order valence-electron chi connectivity index (χ2n) is 7.44. The Morgan fingerprint density at radius 3 is 2.34 bits per heavy atom. The molecule has 2 aliphatic rings. The van der Waals surface area contributed by atoms with Crippen LogP contribution in [-0.2, 0) is 5.41 Å². The lowest BCUT2D eigenvalue weighted by Crippen LogP contribution is -2.54. The number of amides is 1. The van der Waals surface area contributed by atoms with Gasteiger partial charge in [-0.05, 0) is 42.7 Å². The second kappa shape index (κ2) is 9.15. The van der Waals surface area contributed by atoms with Crippen molar-refractivity contribution in [3.63, 3.8) is 0 Å². The van der Waals surface area contributed by atoms with Gasteiger partial charge < -0.3 is 19.5 Å². The Morgan fingerprint density at radius 1 is 1.14 bits per heavy atom. The maximum absolute atomic E-state index is 13.2. The van der Waals surface area contributed by atoms with E-state index in [0.717, 1.165) is 38.4 Å². The zero-order chi connectivity index (χ0) is 19.6. The highest BCUT2D eigenvalue weighted by Gasteiger charge is 2.44. The van der Waals surface area contributed by atoms with Crippen LogP contribution in [0.15, 0.2) is 52.1 Å². The average Bonchev–Trinajstić information content (AvgIpc) is 3.31. The summed E-state index contributed by atoms with van der Waals surface area (Å²) in [7, 11) is 1.78. The number of piperazine rings is 1. The number of hydrogen-bond donors (Lipinski definition) is 1. The van der Waals surface area contributed by atoms with Crippen molar-refractivity contribution in [2.75, 3.05) is 39.8 Å². The van der Waals surface area contributed by atoms with Gasteiger partial charge in [0, 0.05) is 45.2 Å². The van der Waals surface area contributed by atoms with Crippen LogP contribution in [0.5, 0.6) is 0 Å². The van der Waals surface area contributed by atoms with E-state index in [1.807, 2.05) is 17.0 Å². The fraction of sp³-hybridized carbons (Fsp3) is 0.429. The lowest BCUT2D eigenvalue weighted by atomic mass is 9.96. The van der Waals surface area contributed by atoms with Crippen LogP contribution in [0, 0.1) is 5.82 Å². The Bertz CT molecular complexity index is 842. The summed E-state index contributed by atoms with van der Waals surface area (Å²) in [5.41, 5.74) is 1.24. The maximum atomic E-state index is 13.2. The largest absolute Gasteiger partial charge is 0.459 e. The molecular weight excluding hydrogens is 486 g/mol. The number of carbonyl (C=O) groups is 1. The molecule has 0 unspecified atom stereocenters. The zero-order valence-electron chi connectivity index (χ0n) is 16.4. The molecule has 1 aliphatic heterocycles. The summed E-state index contributed by atoms with van der Waals surface area (Å²) >= 11 is 0. The summed E-state index contributed by atoms with van der Waals surface area (Å²) in [5.74, 6) is 0.954. The predicted octanol–water partition coefficient (Wildman–Crippen LogP) is 3.10. The molecule has 0 bridgehead atoms. The molecular formula is C21H26FIN4O2. The van der Waals surface area contributed by atoms with E-state index >= 15 is 0 Å². The van der Waals surface area contributed by atoms with Crippen molar-refractivity contribution in [1.82, 2.24) is 15.1 Å². The third-order valence-electron chi connectivity index (χ3n) is 5.71. The molecule has 0 radical (unpaired) electrons. The van der Waals surface area contributed by atoms with Crippen molar-refractivity contribution in [3.05, 3.63) is 59.8 Å². The molecule has 1 N–H and O–H groups in total. The van der Waals surface area contributed by atoms with Gasteiger partial charge in [-0.25, -0.2) is 4.39 Å². The van der Waals surface area contributed by atoms with Crippen molar-refractivity contribution in [3.8, 4) is 0 Å². The van der Waals surface area contributed by atoms with Crippen LogP contribution in [0.1, 0.15) is 29.0 Å². The number of rotatable bonds is 4. The van der Waals surface area contributed by atoms with Crippen molar-refractivity contribution in [2.45, 2.75) is 18.3 Å². The van der Waals surface area contributed by atoms with Crippen LogP contribution in [0.25, 0.3) is 0 Å². The van der Waals surface area contributed by atoms with Crippen LogP contribution in [0.2, 0.25) is 0 Å². The first-order chi connectivity index (χ1) is 13.6. The zero-order valence-corrected chi connectivity index (χ0v) is 18.8. The predicted molar refractivity (Wildman–Crippen MR) is 120 cm³/mol. The van der Waals surface area contributed by atoms with Gasteiger partial charge in [0.15, 0.2) is 11.7 Å². The maximum Gasteiger partial charge on any atom is 0.289 e. The normalized spacial score (nSPS) is 18.2. The van der Waals surface area contributed by atoms with Gasteiger partial charge in [0.2, 0.25) is 0 Å². The van der Waals surface area contributed by atoms with E-state index in [1.165, 1.54) is 24.0 Å². The fourth-order valence-corrected chi connectivity index (χ4v) is 3.78. The first-order valence-electron chi connectivity index (χ1n) is 9.66. The molecule has 4 rings (SSSR count). The highest BCUT2D eigenvalue weighted by atomic mass is 127. The van der Waals surface area contributed by atoms with Crippen molar-refractivity contribution in [2.24, 2.45) is 4.99 Å². The minimum absolute atomic E-state index is 0. The quantitative estimate of drug-likeness (QED) is 0.389. The fourth-order valence-electron chi connectivity index (χ4n) is 3.78. The molecule has 1 aliphatic carbocycles. The molecule has 0 atom stereocenters. The molecule has 2 aromatic rings. The third kappa shape index (κ3) is 4.73. The number of furan rings is 1. The van der Waals surface area contributed by atoms with Crippen molar-refractivity contribution >= 4 is 35.8 Å². The molecule has 8 heteroatoms. The molecule has 2 heterocycles. The van der Waals surface area contributed by atoms with E-state index in [2.05, 4.69) is 15.2 Å². The van der Waals surface area contributed by atoms with Gasteiger partial charge in [0.05, 0.1) is 6.26 Å². The van der Waals surface area contributed by atoms with Gasteiger partial charge in [0.1, 0.15) is 5.82 Å². The summed E-state index contributed by atoms with van der Waals surface area (Å²) in [6.07, 6.45) is 3.70. The molecule has 1 saturated carbocycles. The van der Waals surface area contributed by atoms with E-state index in [9.17, 15) is 9.18 Å².